The van der Waals surface area contributed by atoms with Gasteiger partial charge in [-0.2, -0.15) is 0 Å². The molecule has 1 aromatic rings. The molecule has 1 radical (unpaired) electrons. The Balaban J connectivity index is 2.66. The Hall–Kier alpha value is -0.780. The quantitative estimate of drug-likeness (QED) is 0.572. The van der Waals surface area contributed by atoms with Gasteiger partial charge in [0.05, 0.1) is 0 Å². The van der Waals surface area contributed by atoms with E-state index in [1.165, 1.54) is 5.56 Å². The monoisotopic (exact) mass is 147 g/mol. The molecule has 0 fully saturated rings. The third kappa shape index (κ3) is 3.22. The van der Waals surface area contributed by atoms with Gasteiger partial charge in [-0.25, -0.2) is 0 Å². The van der Waals surface area contributed by atoms with Gasteiger partial charge in [-0.15, -0.1) is 0 Å². The minimum Gasteiger partial charge on any atom is -0.0620 e. The Morgan fingerprint density at radius 2 is 2.00 bits per heavy atom. The van der Waals surface area contributed by atoms with Crippen LogP contribution in [-0.2, 0) is 6.42 Å². The first kappa shape index (κ1) is 8.32. The fourth-order valence-electron chi connectivity index (χ4n) is 1.11. The first-order valence-corrected chi connectivity index (χ1v) is 4.03. The topological polar surface area (TPSA) is 0 Å². The van der Waals surface area contributed by atoms with Crippen LogP contribution in [0.25, 0.3) is 0 Å². The van der Waals surface area contributed by atoms with E-state index in [0.717, 1.165) is 6.42 Å². The summed E-state index contributed by atoms with van der Waals surface area (Å²) < 4.78 is 0. The van der Waals surface area contributed by atoms with Crippen LogP contribution >= 0.6 is 0 Å². The van der Waals surface area contributed by atoms with Gasteiger partial charge in [-0.3, -0.25) is 0 Å². The molecule has 0 heterocycles. The van der Waals surface area contributed by atoms with Gasteiger partial charge in [0, 0.05) is 0 Å². The maximum absolute atomic E-state index is 3.22. The number of hydrogen-bond acceptors (Lipinski definition) is 0. The summed E-state index contributed by atoms with van der Waals surface area (Å²) in [5, 5.41) is 0. The van der Waals surface area contributed by atoms with E-state index in [0.29, 0.717) is 5.41 Å². The summed E-state index contributed by atoms with van der Waals surface area (Å²) in [5.74, 6) is 0. The third-order valence-electron chi connectivity index (χ3n) is 1.49. The van der Waals surface area contributed by atoms with Crippen LogP contribution < -0.4 is 0 Å². The highest BCUT2D eigenvalue weighted by molar-refractivity contribution is 5.14. The van der Waals surface area contributed by atoms with Crippen molar-refractivity contribution < 1.29 is 0 Å². The van der Waals surface area contributed by atoms with Crippen molar-refractivity contribution in [2.45, 2.75) is 27.2 Å². The lowest BCUT2D eigenvalue weighted by atomic mass is 9.88. The Bertz CT molecular complexity index is 203. The first-order chi connectivity index (χ1) is 5.08. The molecule has 0 unspecified atom stereocenters. The predicted octanol–water partition coefficient (Wildman–Crippen LogP) is 3.08. The normalized spacial score (nSPS) is 11.5. The van der Waals surface area contributed by atoms with E-state index >= 15 is 0 Å². The molecule has 0 saturated heterocycles. The fourth-order valence-corrected chi connectivity index (χ4v) is 1.11. The molecule has 0 spiro atoms. The van der Waals surface area contributed by atoms with E-state index in [4.69, 9.17) is 0 Å². The largest absolute Gasteiger partial charge is 0.0620 e. The predicted molar refractivity (Wildman–Crippen MR) is 48.4 cm³/mol. The molecule has 0 aromatic heterocycles. The van der Waals surface area contributed by atoms with Gasteiger partial charge in [0.15, 0.2) is 0 Å². The van der Waals surface area contributed by atoms with Gasteiger partial charge in [-0.1, -0.05) is 45.0 Å². The number of benzene rings is 1. The summed E-state index contributed by atoms with van der Waals surface area (Å²) >= 11 is 0. The highest BCUT2D eigenvalue weighted by Gasteiger charge is 2.10. The van der Waals surface area contributed by atoms with Gasteiger partial charge >= 0.3 is 0 Å². The maximum atomic E-state index is 3.22. The van der Waals surface area contributed by atoms with Crippen molar-refractivity contribution in [3.8, 4) is 0 Å². The van der Waals surface area contributed by atoms with Crippen LogP contribution in [0, 0.1) is 11.5 Å². The minimum absolute atomic E-state index is 0.373. The van der Waals surface area contributed by atoms with Gasteiger partial charge < -0.3 is 0 Å². The molecule has 0 amide bonds. The van der Waals surface area contributed by atoms with Crippen LogP contribution in [-0.4, -0.2) is 0 Å². The molecule has 0 atom stereocenters. The molecule has 11 heavy (non-hydrogen) atoms. The van der Waals surface area contributed by atoms with Crippen molar-refractivity contribution in [2.75, 3.05) is 0 Å². The van der Waals surface area contributed by atoms with Crippen molar-refractivity contribution in [3.63, 3.8) is 0 Å². The molecule has 0 aliphatic heterocycles. The Morgan fingerprint density at radius 1 is 1.27 bits per heavy atom. The molecule has 0 aliphatic rings. The van der Waals surface area contributed by atoms with Crippen molar-refractivity contribution >= 4 is 0 Å². The molecule has 0 N–H and O–H groups in total. The summed E-state index contributed by atoms with van der Waals surface area (Å²) in [5.41, 5.74) is 1.68. The van der Waals surface area contributed by atoms with E-state index in [2.05, 4.69) is 39.0 Å². The summed E-state index contributed by atoms with van der Waals surface area (Å²) in [7, 11) is 0. The fraction of sp³-hybridized carbons (Fsp3) is 0.455. The van der Waals surface area contributed by atoms with Crippen LogP contribution in [0.4, 0.5) is 0 Å². The maximum Gasteiger partial charge on any atom is -0.0149 e. The Labute approximate surface area is 69.3 Å². The summed E-state index contributed by atoms with van der Waals surface area (Å²) in [6, 6.07) is 11.4. The SMILES string of the molecule is CC(C)(C)Cc1[c]cccc1. The summed E-state index contributed by atoms with van der Waals surface area (Å²) in [6.07, 6.45) is 1.10. The molecule has 0 bridgehead atoms. The number of rotatable bonds is 1. The highest BCUT2D eigenvalue weighted by Crippen LogP contribution is 2.19. The molecular weight excluding hydrogens is 132 g/mol. The molecule has 59 valence electrons. The molecule has 0 aliphatic carbocycles. The second-order valence-electron chi connectivity index (χ2n) is 4.13. The van der Waals surface area contributed by atoms with Gasteiger partial charge in [0.2, 0.25) is 0 Å². The first-order valence-electron chi connectivity index (χ1n) is 4.03. The average molecular weight is 147 g/mol. The van der Waals surface area contributed by atoms with Crippen LogP contribution in [0.3, 0.4) is 0 Å². The van der Waals surface area contributed by atoms with Crippen LogP contribution in [0.15, 0.2) is 24.3 Å². The average Bonchev–Trinajstić information content (AvgIpc) is 1.85. The second-order valence-corrected chi connectivity index (χ2v) is 4.13. The number of hydrogen-bond donors (Lipinski definition) is 0. The zero-order valence-corrected chi connectivity index (χ0v) is 7.52. The third-order valence-corrected chi connectivity index (χ3v) is 1.49. The van der Waals surface area contributed by atoms with E-state index in [1.54, 1.807) is 0 Å². The van der Waals surface area contributed by atoms with Crippen LogP contribution in [0.5, 0.6) is 0 Å². The van der Waals surface area contributed by atoms with E-state index in [9.17, 15) is 0 Å². The zero-order chi connectivity index (χ0) is 8.32. The molecule has 0 saturated carbocycles. The lowest BCUT2D eigenvalue weighted by Gasteiger charge is -2.17. The highest BCUT2D eigenvalue weighted by atomic mass is 14.1. The molecule has 1 rings (SSSR count). The Kier molecular flexibility index (Phi) is 2.33. The van der Waals surface area contributed by atoms with E-state index < -0.39 is 0 Å². The molecule has 0 nitrogen and oxygen atoms in total. The van der Waals surface area contributed by atoms with Crippen LogP contribution in [0.1, 0.15) is 26.3 Å². The van der Waals surface area contributed by atoms with Gasteiger partial charge in [0.1, 0.15) is 0 Å². The van der Waals surface area contributed by atoms with Crippen molar-refractivity contribution in [1.82, 2.24) is 0 Å². The standard InChI is InChI=1S/C11H15/c1-11(2,3)9-10-7-5-4-6-8-10/h4-7H,9H2,1-3H3. The van der Waals surface area contributed by atoms with Crippen molar-refractivity contribution in [3.05, 3.63) is 35.9 Å². The molecule has 0 heteroatoms. The molecule has 1 aromatic carbocycles. The lowest BCUT2D eigenvalue weighted by Crippen LogP contribution is -2.08. The second kappa shape index (κ2) is 3.08. The zero-order valence-electron chi connectivity index (χ0n) is 7.52. The van der Waals surface area contributed by atoms with Crippen LogP contribution in [0.2, 0.25) is 0 Å². The van der Waals surface area contributed by atoms with Crippen molar-refractivity contribution in [1.29, 1.82) is 0 Å². The lowest BCUT2D eigenvalue weighted by molar-refractivity contribution is 0.411. The van der Waals surface area contributed by atoms with E-state index in [-0.39, 0.29) is 0 Å². The van der Waals surface area contributed by atoms with Crippen molar-refractivity contribution in [2.24, 2.45) is 5.41 Å². The minimum atomic E-state index is 0.373. The van der Waals surface area contributed by atoms with Gasteiger partial charge in [0.25, 0.3) is 0 Å². The Morgan fingerprint density at radius 3 is 2.45 bits per heavy atom. The summed E-state index contributed by atoms with van der Waals surface area (Å²) in [4.78, 5) is 0. The summed E-state index contributed by atoms with van der Waals surface area (Å²) in [6.45, 7) is 6.73. The smallest absolute Gasteiger partial charge is 0.0149 e. The molecular formula is C11H15. The van der Waals surface area contributed by atoms with E-state index in [1.807, 2.05) is 12.1 Å². The van der Waals surface area contributed by atoms with Gasteiger partial charge in [-0.05, 0) is 23.5 Å².